The van der Waals surface area contributed by atoms with Crippen LogP contribution in [-0.2, 0) is 20.0 Å². The van der Waals surface area contributed by atoms with Crippen LogP contribution in [0.3, 0.4) is 0 Å². The van der Waals surface area contributed by atoms with Gasteiger partial charge in [0.25, 0.3) is 5.91 Å². The lowest BCUT2D eigenvalue weighted by Gasteiger charge is -2.55. The molecular weight excluding hydrogens is 472 g/mol. The number of phenols is 1. The first-order chi connectivity index (χ1) is 15.2. The number of aliphatic hydroxyl groups is 5. The van der Waals surface area contributed by atoms with Gasteiger partial charge >= 0.3 is 0 Å². The average molecular weight is 497 g/mol. The number of aromatic hydroxyl groups is 1. The van der Waals surface area contributed by atoms with E-state index >= 15 is 0 Å². The van der Waals surface area contributed by atoms with Gasteiger partial charge in [-0.15, -0.1) is 12.4 Å². The van der Waals surface area contributed by atoms with Crippen molar-refractivity contribution in [2.45, 2.75) is 30.3 Å². The molecule has 34 heavy (non-hydrogen) atoms. The minimum atomic E-state index is -3.02. The van der Waals surface area contributed by atoms with E-state index in [9.17, 15) is 45.0 Å². The van der Waals surface area contributed by atoms with Gasteiger partial charge in [-0.25, -0.2) is 0 Å². The maximum atomic E-state index is 13.7. The van der Waals surface area contributed by atoms with Gasteiger partial charge in [0, 0.05) is 0 Å². The highest BCUT2D eigenvalue weighted by atomic mass is 35.5. The smallest absolute Gasteiger partial charge is 0.255 e. The number of primary amides is 1. The van der Waals surface area contributed by atoms with Gasteiger partial charge in [-0.2, -0.15) is 0 Å². The molecular formula is C22H25ClN2O9. The predicted molar refractivity (Wildman–Crippen MR) is 119 cm³/mol. The number of hydrogen-bond donors (Lipinski definition) is 7. The Morgan fingerprint density at radius 1 is 1.12 bits per heavy atom. The molecule has 1 saturated carbocycles. The number of hydrogen-bond acceptors (Lipinski definition) is 10. The topological polar surface area (TPSA) is 202 Å². The average Bonchev–Trinajstić information content (AvgIpc) is 2.70. The summed E-state index contributed by atoms with van der Waals surface area (Å²) in [5, 5.41) is 66.3. The lowest BCUT2D eigenvalue weighted by molar-refractivity contribution is -0.181. The van der Waals surface area contributed by atoms with E-state index < -0.39 is 81.1 Å². The number of nitrogens with two attached hydrogens (primary N) is 1. The number of carbonyl (C=O) groups excluding carboxylic acids is 3. The second-order valence-corrected chi connectivity index (χ2v) is 9.06. The Kier molecular flexibility index (Phi) is 5.88. The summed E-state index contributed by atoms with van der Waals surface area (Å²) < 4.78 is 0. The Labute approximate surface area is 199 Å². The van der Waals surface area contributed by atoms with Crippen LogP contribution in [0, 0.1) is 11.8 Å². The second kappa shape index (κ2) is 7.79. The van der Waals surface area contributed by atoms with Crippen LogP contribution in [0.1, 0.15) is 18.1 Å². The van der Waals surface area contributed by atoms with E-state index in [2.05, 4.69) is 0 Å². The number of fused-ring (bicyclic) bond motifs is 3. The number of aliphatic hydroxyl groups excluding tert-OH is 3. The molecule has 1 aromatic carbocycles. The first-order valence-electron chi connectivity index (χ1n) is 10.1. The van der Waals surface area contributed by atoms with Gasteiger partial charge in [-0.05, 0) is 32.6 Å². The van der Waals surface area contributed by atoms with Crippen molar-refractivity contribution in [1.29, 1.82) is 0 Å². The maximum absolute atomic E-state index is 13.7. The summed E-state index contributed by atoms with van der Waals surface area (Å²) in [6, 6.07) is 2.50. The highest BCUT2D eigenvalue weighted by molar-refractivity contribution is 6.24. The van der Waals surface area contributed by atoms with Crippen LogP contribution in [0.4, 0.5) is 0 Å². The SMILES string of the molecule is CN(C)[C@@H]1C(=O)C(C(N)=O)=C(O)[C@]2(O)C(=O)C3=C(O)c4c(O)cccc4[C@@](C)(O)[C@H]3[C@@H](O)[C@H]12.Cl. The molecule has 0 radical (unpaired) electrons. The van der Waals surface area contributed by atoms with Gasteiger partial charge < -0.3 is 36.4 Å². The van der Waals surface area contributed by atoms with Crippen LogP contribution in [-0.4, -0.2) is 84.9 Å². The molecule has 0 heterocycles. The van der Waals surface area contributed by atoms with Gasteiger partial charge in [-0.1, -0.05) is 12.1 Å². The molecule has 0 aromatic heterocycles. The van der Waals surface area contributed by atoms with Crippen molar-refractivity contribution >= 4 is 35.6 Å². The third-order valence-electron chi connectivity index (χ3n) is 7.03. The molecule has 12 heteroatoms. The third kappa shape index (κ3) is 2.88. The number of benzene rings is 1. The number of phenolic OH excluding ortho intramolecular Hbond substituents is 1. The van der Waals surface area contributed by atoms with Crippen molar-refractivity contribution in [2.24, 2.45) is 17.6 Å². The van der Waals surface area contributed by atoms with Gasteiger partial charge in [-0.3, -0.25) is 19.3 Å². The summed E-state index contributed by atoms with van der Waals surface area (Å²) >= 11 is 0. The monoisotopic (exact) mass is 496 g/mol. The fraction of sp³-hybridized carbons (Fsp3) is 0.409. The van der Waals surface area contributed by atoms with E-state index in [-0.39, 0.29) is 23.5 Å². The molecule has 1 fully saturated rings. The van der Waals surface area contributed by atoms with Gasteiger partial charge in [0.05, 0.1) is 40.7 Å². The number of Topliss-reactive ketones (excluding diaryl/α,β-unsaturated/α-hetero) is 2. The molecule has 0 spiro atoms. The van der Waals surface area contributed by atoms with Crippen molar-refractivity contribution in [3.63, 3.8) is 0 Å². The molecule has 3 aliphatic rings. The zero-order valence-electron chi connectivity index (χ0n) is 18.4. The molecule has 3 aliphatic carbocycles. The molecule has 4 rings (SSSR count). The number of carbonyl (C=O) groups is 3. The quantitative estimate of drug-likeness (QED) is 0.249. The second-order valence-electron chi connectivity index (χ2n) is 9.06. The molecule has 8 N–H and O–H groups in total. The summed E-state index contributed by atoms with van der Waals surface area (Å²) in [4.78, 5) is 39.9. The summed E-state index contributed by atoms with van der Waals surface area (Å²) in [5.41, 5.74) is -1.78. The summed E-state index contributed by atoms with van der Waals surface area (Å²) in [6.45, 7) is 1.25. The molecule has 0 saturated heterocycles. The van der Waals surface area contributed by atoms with Crippen LogP contribution in [0.5, 0.6) is 5.75 Å². The molecule has 6 atom stereocenters. The lowest BCUT2D eigenvalue weighted by atomic mass is 9.53. The molecule has 0 unspecified atom stereocenters. The van der Waals surface area contributed by atoms with E-state index in [1.807, 2.05) is 0 Å². The number of halogens is 1. The Morgan fingerprint density at radius 2 is 1.71 bits per heavy atom. The van der Waals surface area contributed by atoms with Crippen LogP contribution in [0.2, 0.25) is 0 Å². The Morgan fingerprint density at radius 3 is 2.24 bits per heavy atom. The van der Waals surface area contributed by atoms with Gasteiger partial charge in [0.15, 0.2) is 11.4 Å². The van der Waals surface area contributed by atoms with Crippen LogP contribution >= 0.6 is 12.4 Å². The van der Waals surface area contributed by atoms with E-state index in [1.54, 1.807) is 0 Å². The van der Waals surface area contributed by atoms with E-state index in [1.165, 1.54) is 44.1 Å². The fourth-order valence-corrected chi connectivity index (χ4v) is 5.60. The van der Waals surface area contributed by atoms with Gasteiger partial charge in [0.2, 0.25) is 5.78 Å². The van der Waals surface area contributed by atoms with Crippen LogP contribution in [0.25, 0.3) is 5.76 Å². The minimum Gasteiger partial charge on any atom is -0.508 e. The van der Waals surface area contributed by atoms with E-state index in [4.69, 9.17) is 5.73 Å². The maximum Gasteiger partial charge on any atom is 0.255 e. The molecule has 1 aromatic rings. The Bertz CT molecular complexity index is 1190. The highest BCUT2D eigenvalue weighted by Gasteiger charge is 2.70. The summed E-state index contributed by atoms with van der Waals surface area (Å²) in [6.07, 6.45) is -1.87. The van der Waals surface area contributed by atoms with Crippen molar-refractivity contribution in [3.8, 4) is 5.75 Å². The number of ketones is 2. The number of likely N-dealkylation sites (N-methyl/N-ethyl adjacent to an activating group) is 1. The Balaban J connectivity index is 0.00000324. The normalized spacial score (nSPS) is 34.9. The van der Waals surface area contributed by atoms with Crippen molar-refractivity contribution in [1.82, 2.24) is 4.90 Å². The zero-order chi connectivity index (χ0) is 24.8. The lowest BCUT2D eigenvalue weighted by Crippen LogP contribution is -2.71. The number of rotatable bonds is 2. The first kappa shape index (κ1) is 25.7. The number of amides is 1. The van der Waals surface area contributed by atoms with Crippen molar-refractivity contribution < 1.29 is 45.0 Å². The molecule has 184 valence electrons. The first-order valence-corrected chi connectivity index (χ1v) is 10.1. The van der Waals surface area contributed by atoms with Crippen LogP contribution < -0.4 is 5.73 Å². The molecule has 0 bridgehead atoms. The summed E-state index contributed by atoms with van der Waals surface area (Å²) in [5.74, 6) is -9.67. The largest absolute Gasteiger partial charge is 0.508 e. The predicted octanol–water partition coefficient (Wildman–Crippen LogP) is -0.978. The number of nitrogens with zero attached hydrogens (tertiary/aromatic N) is 1. The third-order valence-corrected chi connectivity index (χ3v) is 7.03. The molecule has 0 aliphatic heterocycles. The minimum absolute atomic E-state index is 0. The van der Waals surface area contributed by atoms with Crippen molar-refractivity contribution in [3.05, 3.63) is 46.2 Å². The van der Waals surface area contributed by atoms with Gasteiger partial charge in [0.1, 0.15) is 22.8 Å². The zero-order valence-corrected chi connectivity index (χ0v) is 19.2. The summed E-state index contributed by atoms with van der Waals surface area (Å²) in [7, 11) is 2.80. The van der Waals surface area contributed by atoms with E-state index in [0.29, 0.717) is 0 Å². The highest BCUT2D eigenvalue weighted by Crippen LogP contribution is 2.57. The van der Waals surface area contributed by atoms with Crippen LogP contribution in [0.15, 0.2) is 35.1 Å². The molecule has 1 amide bonds. The standard InChI is InChI=1S/C22H24N2O9.ClH/c1-21(32)7-5-4-6-8(25)9(7)15(26)10-12(21)17(28)13-14(24(2)3)16(27)11(20(23)31)19(30)22(13,33)18(10)29;/h4-6,12-14,17,25-26,28,30,32-33H,1-3H3,(H2,23,31);1H/t12-,13+,14+,17-,21-,22-;/m1./s1. The fourth-order valence-electron chi connectivity index (χ4n) is 5.60. The van der Waals surface area contributed by atoms with Crippen molar-refractivity contribution in [2.75, 3.05) is 14.1 Å². The van der Waals surface area contributed by atoms with E-state index in [0.717, 1.165) is 0 Å². The molecule has 11 nitrogen and oxygen atoms in total. The Hall–Kier alpha value is -2.96.